The first-order valence-electron chi connectivity index (χ1n) is 2.98. The zero-order valence-corrected chi connectivity index (χ0v) is 6.75. The molecule has 1 aliphatic carbocycles. The van der Waals surface area contributed by atoms with E-state index in [9.17, 15) is 0 Å². The Morgan fingerprint density at radius 2 is 2.00 bits per heavy atom. The molecule has 0 aromatic rings. The summed E-state index contributed by atoms with van der Waals surface area (Å²) in [6.07, 6.45) is 0. The van der Waals surface area contributed by atoms with Crippen LogP contribution in [0, 0.1) is 0 Å². The molecule has 0 nitrogen and oxygen atoms in total. The molecule has 0 aromatic heterocycles. The molecule has 10 heavy (non-hydrogen) atoms. The van der Waals surface area contributed by atoms with E-state index in [0.717, 1.165) is 5.02 Å². The van der Waals surface area contributed by atoms with Crippen LogP contribution >= 0.6 is 22.9 Å². The lowest BCUT2D eigenvalue weighted by Crippen LogP contribution is -1.64. The summed E-state index contributed by atoms with van der Waals surface area (Å²) in [5.41, 5.74) is 2.46. The van der Waals surface area contributed by atoms with Crippen LogP contribution in [0.15, 0.2) is 29.0 Å². The molecule has 0 unspecified atom stereocenters. The third-order valence-electron chi connectivity index (χ3n) is 1.44. The predicted molar refractivity (Wildman–Crippen MR) is 46.0 cm³/mol. The summed E-state index contributed by atoms with van der Waals surface area (Å²) in [5.74, 6) is 0. The zero-order valence-electron chi connectivity index (χ0n) is 5.17. The van der Waals surface area contributed by atoms with Gasteiger partial charge >= 0.3 is 0 Å². The summed E-state index contributed by atoms with van der Waals surface area (Å²) in [6, 6.07) is 6.03. The number of hydrogen-bond acceptors (Lipinski definition) is 1. The van der Waals surface area contributed by atoms with Crippen LogP contribution in [0.25, 0.3) is 11.1 Å². The van der Waals surface area contributed by atoms with E-state index < -0.39 is 0 Å². The van der Waals surface area contributed by atoms with Gasteiger partial charge in [-0.1, -0.05) is 11.6 Å². The van der Waals surface area contributed by atoms with Gasteiger partial charge in [-0.3, -0.25) is 0 Å². The van der Waals surface area contributed by atoms with Crippen LogP contribution in [0.3, 0.4) is 0 Å². The fourth-order valence-electron chi connectivity index (χ4n) is 0.977. The topological polar surface area (TPSA) is 0 Å². The molecule has 0 fully saturated rings. The van der Waals surface area contributed by atoms with E-state index in [2.05, 4.69) is 16.8 Å². The average Bonchev–Trinajstić information content (AvgIpc) is 2.27. The molecule has 0 spiro atoms. The van der Waals surface area contributed by atoms with E-state index in [1.165, 1.54) is 11.1 Å². The lowest BCUT2D eigenvalue weighted by molar-refractivity contribution is 1.84. The Morgan fingerprint density at radius 3 is 2.80 bits per heavy atom. The fourth-order valence-corrected chi connectivity index (χ4v) is 1.87. The molecular formula is C8H5ClS. The molecule has 0 bridgehead atoms. The summed E-state index contributed by atoms with van der Waals surface area (Å²) in [5, 5.41) is 4.98. The molecular weight excluding hydrogens is 164 g/mol. The van der Waals surface area contributed by atoms with E-state index in [0.29, 0.717) is 0 Å². The first-order chi connectivity index (χ1) is 4.86. The molecule has 0 amide bonds. The van der Waals surface area contributed by atoms with Crippen molar-refractivity contribution in [1.29, 1.82) is 0 Å². The van der Waals surface area contributed by atoms with Crippen molar-refractivity contribution >= 4 is 22.9 Å². The van der Waals surface area contributed by atoms with Gasteiger partial charge in [0.05, 0.1) is 0 Å². The Morgan fingerprint density at radius 1 is 1.20 bits per heavy atom. The summed E-state index contributed by atoms with van der Waals surface area (Å²) < 4.78 is 0. The van der Waals surface area contributed by atoms with Crippen molar-refractivity contribution < 1.29 is 0 Å². The van der Waals surface area contributed by atoms with Crippen molar-refractivity contribution in [1.82, 2.24) is 0 Å². The highest BCUT2D eigenvalue weighted by molar-refractivity contribution is 7.07. The second-order valence-corrected chi connectivity index (χ2v) is 3.36. The van der Waals surface area contributed by atoms with Gasteiger partial charge in [0.15, 0.2) is 0 Å². The Bertz CT molecular complexity index is 283. The SMILES string of the molecule is Clc1cc2ccscc-2c1. The maximum absolute atomic E-state index is 5.79. The molecule has 2 rings (SSSR count). The summed E-state index contributed by atoms with van der Waals surface area (Å²) >= 11 is 7.47. The van der Waals surface area contributed by atoms with E-state index >= 15 is 0 Å². The second-order valence-electron chi connectivity index (χ2n) is 2.14. The van der Waals surface area contributed by atoms with Crippen LogP contribution in [-0.4, -0.2) is 0 Å². The Hall–Kier alpha value is -0.530. The van der Waals surface area contributed by atoms with Gasteiger partial charge in [0.25, 0.3) is 0 Å². The van der Waals surface area contributed by atoms with Gasteiger partial charge in [-0.25, -0.2) is 0 Å². The minimum absolute atomic E-state index is 0.827. The molecule has 50 valence electrons. The zero-order chi connectivity index (χ0) is 6.97. The molecule has 0 aromatic carbocycles. The monoisotopic (exact) mass is 168 g/mol. The molecule has 2 heteroatoms. The van der Waals surface area contributed by atoms with Crippen LogP contribution < -0.4 is 0 Å². The third kappa shape index (κ3) is 0.917. The van der Waals surface area contributed by atoms with Gasteiger partial charge < -0.3 is 0 Å². The highest BCUT2D eigenvalue weighted by Crippen LogP contribution is 2.29. The number of hydrogen-bond donors (Lipinski definition) is 0. The van der Waals surface area contributed by atoms with Crippen molar-refractivity contribution in [2.24, 2.45) is 0 Å². The molecule has 0 saturated carbocycles. The molecule has 2 aliphatic rings. The Balaban J connectivity index is 2.76. The smallest absolute Gasteiger partial charge is 0.0418 e. The summed E-state index contributed by atoms with van der Waals surface area (Å²) in [4.78, 5) is 0. The number of fused-ring (bicyclic) bond motifs is 1. The average molecular weight is 169 g/mol. The molecule has 1 heterocycles. The summed E-state index contributed by atoms with van der Waals surface area (Å²) in [7, 11) is 0. The van der Waals surface area contributed by atoms with Crippen molar-refractivity contribution in [3.8, 4) is 11.1 Å². The van der Waals surface area contributed by atoms with Gasteiger partial charge in [0.2, 0.25) is 0 Å². The normalized spacial score (nSPS) is 10.5. The first kappa shape index (κ1) is 6.20. The van der Waals surface area contributed by atoms with Crippen molar-refractivity contribution in [3.05, 3.63) is 34.0 Å². The van der Waals surface area contributed by atoms with Crippen LogP contribution in [0.4, 0.5) is 0 Å². The lowest BCUT2D eigenvalue weighted by Gasteiger charge is -1.91. The molecule has 0 N–H and O–H groups in total. The Kier molecular flexibility index (Phi) is 1.40. The minimum atomic E-state index is 0.827. The minimum Gasteiger partial charge on any atom is -0.152 e. The van der Waals surface area contributed by atoms with Crippen molar-refractivity contribution in [2.45, 2.75) is 0 Å². The maximum Gasteiger partial charge on any atom is 0.0418 e. The van der Waals surface area contributed by atoms with E-state index in [4.69, 9.17) is 11.6 Å². The van der Waals surface area contributed by atoms with E-state index in [1.807, 2.05) is 12.1 Å². The number of rotatable bonds is 0. The second kappa shape index (κ2) is 2.26. The van der Waals surface area contributed by atoms with Crippen LogP contribution in [-0.2, 0) is 0 Å². The number of halogens is 1. The standard InChI is InChI=1S/C8H5ClS/c9-8-3-6-1-2-10-5-7(6)4-8/h1-5H. The molecule has 0 saturated heterocycles. The predicted octanol–water partition coefficient (Wildman–Crippen LogP) is 3.51. The van der Waals surface area contributed by atoms with Gasteiger partial charge in [-0.05, 0) is 40.1 Å². The van der Waals surface area contributed by atoms with Gasteiger partial charge in [0, 0.05) is 5.02 Å². The van der Waals surface area contributed by atoms with E-state index in [-0.39, 0.29) is 0 Å². The van der Waals surface area contributed by atoms with Crippen molar-refractivity contribution in [2.75, 3.05) is 0 Å². The molecule has 0 radical (unpaired) electrons. The molecule has 0 atom stereocenters. The third-order valence-corrected chi connectivity index (χ3v) is 2.34. The van der Waals surface area contributed by atoms with Gasteiger partial charge in [-0.2, -0.15) is 11.3 Å². The Labute approximate surface area is 68.4 Å². The highest BCUT2D eigenvalue weighted by atomic mass is 35.5. The summed E-state index contributed by atoms with van der Waals surface area (Å²) in [6.45, 7) is 0. The van der Waals surface area contributed by atoms with Gasteiger partial charge in [0.1, 0.15) is 0 Å². The van der Waals surface area contributed by atoms with Gasteiger partial charge in [-0.15, -0.1) is 0 Å². The van der Waals surface area contributed by atoms with Crippen LogP contribution in [0.2, 0.25) is 5.02 Å². The highest BCUT2D eigenvalue weighted by Gasteiger charge is 2.02. The van der Waals surface area contributed by atoms with E-state index in [1.54, 1.807) is 11.3 Å². The quantitative estimate of drug-likeness (QED) is 0.565. The lowest BCUT2D eigenvalue weighted by atomic mass is 10.2. The largest absolute Gasteiger partial charge is 0.152 e. The van der Waals surface area contributed by atoms with Crippen molar-refractivity contribution in [3.63, 3.8) is 0 Å². The van der Waals surface area contributed by atoms with Crippen LogP contribution in [0.5, 0.6) is 0 Å². The fraction of sp³-hybridized carbons (Fsp3) is 0. The molecule has 1 aliphatic heterocycles. The van der Waals surface area contributed by atoms with Crippen LogP contribution in [0.1, 0.15) is 0 Å². The maximum atomic E-state index is 5.79. The first-order valence-corrected chi connectivity index (χ1v) is 4.30.